The van der Waals surface area contributed by atoms with Crippen molar-refractivity contribution in [1.82, 2.24) is 9.29 Å². The molecule has 7 heteroatoms. The molecule has 0 aliphatic heterocycles. The molecule has 1 aromatic heterocycles. The Morgan fingerprint density at radius 1 is 1.26 bits per heavy atom. The van der Waals surface area contributed by atoms with Gasteiger partial charge in [-0.05, 0) is 50.1 Å². The van der Waals surface area contributed by atoms with Crippen molar-refractivity contribution in [2.45, 2.75) is 25.2 Å². The third-order valence-electron chi connectivity index (χ3n) is 4.00. The molecule has 1 N–H and O–H groups in total. The molecule has 1 aromatic carbocycles. The van der Waals surface area contributed by atoms with Gasteiger partial charge in [0, 0.05) is 25.0 Å². The highest BCUT2D eigenvalue weighted by Crippen LogP contribution is 2.26. The van der Waals surface area contributed by atoms with Crippen molar-refractivity contribution >= 4 is 21.6 Å². The van der Waals surface area contributed by atoms with Crippen LogP contribution in [0, 0.1) is 13.8 Å². The fraction of sp³-hybridized carbons (Fsp3) is 0.375. The largest absolute Gasteiger partial charge is 0.495 e. The summed E-state index contributed by atoms with van der Waals surface area (Å²) in [7, 11) is -0.109. The summed E-state index contributed by atoms with van der Waals surface area (Å²) in [6.45, 7) is 4.39. The van der Waals surface area contributed by atoms with Crippen molar-refractivity contribution in [3.8, 4) is 5.75 Å². The first kappa shape index (κ1) is 17.8. The van der Waals surface area contributed by atoms with E-state index < -0.39 is 10.0 Å². The second-order valence-corrected chi connectivity index (χ2v) is 7.57. The number of methoxy groups -OCH3 is 1. The maximum Gasteiger partial charge on any atom is 0.240 e. The van der Waals surface area contributed by atoms with Gasteiger partial charge in [-0.3, -0.25) is 0 Å². The van der Waals surface area contributed by atoms with E-state index in [0.29, 0.717) is 18.7 Å². The number of sulfonamides is 1. The fourth-order valence-electron chi connectivity index (χ4n) is 2.40. The van der Waals surface area contributed by atoms with Crippen LogP contribution in [0.25, 0.3) is 0 Å². The van der Waals surface area contributed by atoms with E-state index in [1.54, 1.807) is 6.07 Å². The number of nitrogens with zero attached hydrogens (tertiary/aromatic N) is 1. The van der Waals surface area contributed by atoms with Gasteiger partial charge in [0.15, 0.2) is 0 Å². The average Bonchev–Trinajstić information content (AvgIpc) is 2.74. The molecule has 23 heavy (non-hydrogen) atoms. The molecule has 0 saturated carbocycles. The summed E-state index contributed by atoms with van der Waals surface area (Å²) < 4.78 is 34.4. The lowest BCUT2D eigenvalue weighted by Gasteiger charge is -2.09. The number of hydrogen-bond acceptors (Lipinski definition) is 3. The molecule has 2 rings (SSSR count). The Labute approximate surface area is 142 Å². The van der Waals surface area contributed by atoms with Crippen LogP contribution in [0.15, 0.2) is 29.2 Å². The molecule has 0 spiro atoms. The van der Waals surface area contributed by atoms with Gasteiger partial charge < -0.3 is 9.30 Å². The molecule has 0 bridgehead atoms. The second kappa shape index (κ2) is 6.95. The summed E-state index contributed by atoms with van der Waals surface area (Å²) in [5.74, 6) is 0.445. The van der Waals surface area contributed by atoms with Gasteiger partial charge in [0.2, 0.25) is 10.0 Å². The lowest BCUT2D eigenvalue weighted by molar-refractivity contribution is 0.414. The highest BCUT2D eigenvalue weighted by molar-refractivity contribution is 7.89. The molecule has 0 atom stereocenters. The Morgan fingerprint density at radius 3 is 2.48 bits per heavy atom. The van der Waals surface area contributed by atoms with Crippen molar-refractivity contribution in [2.75, 3.05) is 13.7 Å². The first-order valence-electron chi connectivity index (χ1n) is 7.21. The van der Waals surface area contributed by atoms with Crippen LogP contribution in [0.5, 0.6) is 5.75 Å². The molecule has 0 aliphatic carbocycles. The minimum atomic E-state index is -3.59. The van der Waals surface area contributed by atoms with E-state index >= 15 is 0 Å². The Morgan fingerprint density at radius 2 is 1.96 bits per heavy atom. The summed E-state index contributed by atoms with van der Waals surface area (Å²) in [6, 6.07) is 6.49. The number of nitrogens with one attached hydrogen (secondary N) is 1. The van der Waals surface area contributed by atoms with Crippen LogP contribution in [0.2, 0.25) is 5.02 Å². The molecule has 2 aromatic rings. The summed E-state index contributed by atoms with van der Waals surface area (Å²) >= 11 is 5.99. The lowest BCUT2D eigenvalue weighted by atomic mass is 10.2. The molecule has 5 nitrogen and oxygen atoms in total. The van der Waals surface area contributed by atoms with Gasteiger partial charge >= 0.3 is 0 Å². The molecule has 0 radical (unpaired) electrons. The van der Waals surface area contributed by atoms with E-state index in [1.807, 2.05) is 20.9 Å². The monoisotopic (exact) mass is 356 g/mol. The Hall–Kier alpha value is -1.50. The van der Waals surface area contributed by atoms with E-state index in [2.05, 4.69) is 15.4 Å². The molecule has 0 fully saturated rings. The second-order valence-electron chi connectivity index (χ2n) is 5.40. The van der Waals surface area contributed by atoms with Crippen LogP contribution in [-0.4, -0.2) is 26.6 Å². The smallest absolute Gasteiger partial charge is 0.240 e. The molecule has 126 valence electrons. The molecule has 0 unspecified atom stereocenters. The van der Waals surface area contributed by atoms with Crippen LogP contribution in [0.1, 0.15) is 17.0 Å². The van der Waals surface area contributed by atoms with Gasteiger partial charge in [-0.1, -0.05) is 11.6 Å². The van der Waals surface area contributed by atoms with Crippen LogP contribution in [0.4, 0.5) is 0 Å². The summed E-state index contributed by atoms with van der Waals surface area (Å²) in [5, 5.41) is 0.268. The number of hydrogen-bond donors (Lipinski definition) is 1. The summed E-state index contributed by atoms with van der Waals surface area (Å²) in [5.41, 5.74) is 3.44. The van der Waals surface area contributed by atoms with Crippen LogP contribution < -0.4 is 9.46 Å². The zero-order valence-electron chi connectivity index (χ0n) is 13.7. The molecule has 0 saturated heterocycles. The van der Waals surface area contributed by atoms with Crippen molar-refractivity contribution < 1.29 is 13.2 Å². The molecular formula is C16H21ClN2O3S. The zero-order chi connectivity index (χ0) is 17.2. The Bertz CT molecular complexity index is 813. The Balaban J connectivity index is 2.07. The van der Waals surface area contributed by atoms with Gasteiger partial charge in [-0.2, -0.15) is 0 Å². The number of benzene rings is 1. The van der Waals surface area contributed by atoms with Crippen molar-refractivity contribution in [3.63, 3.8) is 0 Å². The van der Waals surface area contributed by atoms with Crippen LogP contribution in [-0.2, 0) is 23.5 Å². The van der Waals surface area contributed by atoms with Crippen LogP contribution >= 0.6 is 11.6 Å². The first-order chi connectivity index (χ1) is 10.8. The molecule has 0 aliphatic rings. The van der Waals surface area contributed by atoms with E-state index in [-0.39, 0.29) is 9.92 Å². The maximum absolute atomic E-state index is 12.3. The minimum absolute atomic E-state index is 0.129. The topological polar surface area (TPSA) is 60.3 Å². The third-order valence-corrected chi connectivity index (χ3v) is 5.75. The van der Waals surface area contributed by atoms with Crippen molar-refractivity contribution in [1.29, 1.82) is 0 Å². The van der Waals surface area contributed by atoms with Gasteiger partial charge in [0.1, 0.15) is 5.75 Å². The standard InChI is InChI=1S/C16H21ClN2O3S/c1-11-9-13(12(2)19(11)3)7-8-18-23(20,21)14-5-6-16(22-4)15(17)10-14/h5-6,9-10,18H,7-8H2,1-4H3. The SMILES string of the molecule is COc1ccc(S(=O)(=O)NCCc2cc(C)n(C)c2C)cc1Cl. The number of rotatable bonds is 6. The minimum Gasteiger partial charge on any atom is -0.495 e. The number of ether oxygens (including phenoxy) is 1. The number of aryl methyl sites for hydroxylation is 1. The number of halogens is 1. The van der Waals surface area contributed by atoms with Crippen molar-refractivity contribution in [2.24, 2.45) is 7.05 Å². The van der Waals surface area contributed by atoms with Crippen LogP contribution in [0.3, 0.4) is 0 Å². The lowest BCUT2D eigenvalue weighted by Crippen LogP contribution is -2.26. The molecule has 0 amide bonds. The third kappa shape index (κ3) is 3.88. The highest BCUT2D eigenvalue weighted by atomic mass is 35.5. The maximum atomic E-state index is 12.3. The fourth-order valence-corrected chi connectivity index (χ4v) is 3.78. The van der Waals surface area contributed by atoms with E-state index in [9.17, 15) is 8.42 Å². The average molecular weight is 357 g/mol. The van der Waals surface area contributed by atoms with Crippen molar-refractivity contribution in [3.05, 3.63) is 46.2 Å². The predicted octanol–water partition coefficient (Wildman–Crippen LogP) is 2.82. The van der Waals surface area contributed by atoms with E-state index in [0.717, 1.165) is 17.0 Å². The van der Waals surface area contributed by atoms with Gasteiger partial charge in [0.05, 0.1) is 17.0 Å². The van der Waals surface area contributed by atoms with Gasteiger partial charge in [0.25, 0.3) is 0 Å². The number of aromatic nitrogens is 1. The summed E-state index contributed by atoms with van der Waals surface area (Å²) in [6.07, 6.45) is 0.636. The van der Waals surface area contributed by atoms with Gasteiger partial charge in [-0.15, -0.1) is 0 Å². The highest BCUT2D eigenvalue weighted by Gasteiger charge is 2.16. The van der Waals surface area contributed by atoms with Gasteiger partial charge in [-0.25, -0.2) is 13.1 Å². The Kier molecular flexibility index (Phi) is 5.39. The molecular weight excluding hydrogens is 336 g/mol. The quantitative estimate of drug-likeness (QED) is 0.865. The first-order valence-corrected chi connectivity index (χ1v) is 9.07. The zero-order valence-corrected chi connectivity index (χ0v) is 15.3. The van der Waals surface area contributed by atoms with E-state index in [4.69, 9.17) is 16.3 Å². The summed E-state index contributed by atoms with van der Waals surface area (Å²) in [4.78, 5) is 0.129. The van der Waals surface area contributed by atoms with E-state index in [1.165, 1.54) is 19.2 Å². The normalized spacial score (nSPS) is 11.7. The predicted molar refractivity (Wildman–Crippen MR) is 91.8 cm³/mol. The molecule has 1 heterocycles.